The lowest BCUT2D eigenvalue weighted by Gasteiger charge is -2.30. The summed E-state index contributed by atoms with van der Waals surface area (Å²) in [7, 11) is -14.7. The van der Waals surface area contributed by atoms with Crippen molar-refractivity contribution in [2.24, 2.45) is 0 Å². The monoisotopic (exact) mass is 810 g/mol. The van der Waals surface area contributed by atoms with E-state index in [9.17, 15) is 47.7 Å². The molecule has 0 aliphatic carbocycles. The van der Waals surface area contributed by atoms with E-state index < -0.39 is 21.8 Å². The van der Waals surface area contributed by atoms with Crippen LogP contribution in [0, 0.1) is 17.5 Å². The zero-order valence-corrected chi connectivity index (χ0v) is 32.3. The van der Waals surface area contributed by atoms with Gasteiger partial charge in [-0.05, 0) is 128 Å². The Kier molecular flexibility index (Phi) is 18.2. The van der Waals surface area contributed by atoms with Gasteiger partial charge in [0, 0.05) is 12.1 Å². The predicted molar refractivity (Wildman–Crippen MR) is 199 cm³/mol. The maximum Gasteiger partial charge on any atom is 0.673 e. The van der Waals surface area contributed by atoms with Crippen molar-refractivity contribution in [2.45, 2.75) is 79.6 Å². The minimum Gasteiger partial charge on any atom is -0.418 e. The molecule has 290 valence electrons. The van der Waals surface area contributed by atoms with Crippen LogP contribution in [0.1, 0.15) is 55.4 Å². The Bertz CT molecular complexity index is 1520. The minimum absolute atomic E-state index is 0.194. The van der Waals surface area contributed by atoms with Gasteiger partial charge >= 0.3 is 14.5 Å². The van der Waals surface area contributed by atoms with Crippen LogP contribution in [-0.2, 0) is 0 Å². The van der Waals surface area contributed by atoms with Gasteiger partial charge < -0.3 is 39.4 Å². The number of nitrogens with zero attached hydrogens (tertiary/aromatic N) is 2. The molecule has 0 saturated heterocycles. The van der Waals surface area contributed by atoms with Crippen LogP contribution in [0.25, 0.3) is 0 Å². The zero-order valence-electron chi connectivity index (χ0n) is 29.9. The van der Waals surface area contributed by atoms with E-state index in [2.05, 4.69) is 64.9 Å². The van der Waals surface area contributed by atoms with Crippen LogP contribution >= 0.6 is 30.5 Å². The fourth-order valence-electron chi connectivity index (χ4n) is 6.02. The second-order valence-corrected chi connectivity index (χ2v) is 16.6. The lowest BCUT2D eigenvalue weighted by Crippen LogP contribution is -2.44. The Balaban J connectivity index is 0.000000895. The highest BCUT2D eigenvalue weighted by Crippen LogP contribution is 2.57. The number of anilines is 1. The number of halogens is 13. The lowest BCUT2D eigenvalue weighted by atomic mass is 10.2. The highest BCUT2D eigenvalue weighted by molar-refractivity contribution is 8.02. The van der Waals surface area contributed by atoms with E-state index in [-0.39, 0.29) is 47.0 Å². The maximum absolute atomic E-state index is 14.3. The summed E-state index contributed by atoms with van der Waals surface area (Å²) in [5.74, 6) is -0.955. The van der Waals surface area contributed by atoms with Crippen LogP contribution in [0.3, 0.4) is 0 Å². The Labute approximate surface area is 308 Å². The van der Waals surface area contributed by atoms with Crippen LogP contribution in [0.2, 0.25) is 0 Å². The van der Waals surface area contributed by atoms with Crippen molar-refractivity contribution in [3.8, 4) is 0 Å². The third-order valence-corrected chi connectivity index (χ3v) is 11.6. The first-order valence-corrected chi connectivity index (χ1v) is 18.9. The number of rotatable bonds is 9. The molecule has 4 aromatic rings. The average Bonchev–Trinajstić information content (AvgIpc) is 3.67. The number of hydrogen-bond acceptors (Lipinski definition) is 1. The minimum atomic E-state index is -6.00. The SMILES string of the molecule is CC(C)N(c1c([P+](c2ccc(F)cc2)(c2ccc(F)cc2)c2ccc(F)cc2)c1=[N+](C(C)C)C(C)C)C(C)C.ClCCl.F[B-](F)(F)F.F[B-](F)(F)F. The second kappa shape index (κ2) is 20.1. The van der Waals surface area contributed by atoms with Crippen LogP contribution in [-0.4, -0.2) is 44.0 Å². The van der Waals surface area contributed by atoms with E-state index in [0.717, 1.165) is 15.9 Å². The molecule has 0 fully saturated rings. The van der Waals surface area contributed by atoms with E-state index in [4.69, 9.17) is 23.2 Å². The number of hydrogen-bond donors (Lipinski definition) is 0. The quantitative estimate of drug-likeness (QED) is 0.0537. The first-order valence-electron chi connectivity index (χ1n) is 16.1. The smallest absolute Gasteiger partial charge is 0.418 e. The molecule has 4 rings (SSSR count). The molecule has 0 heterocycles. The molecule has 0 bridgehead atoms. The lowest BCUT2D eigenvalue weighted by molar-refractivity contribution is 0.366. The summed E-state index contributed by atoms with van der Waals surface area (Å²) in [5, 5.41) is 5.42. The standard InChI is InChI=1S/C33H40F3N2P.CH2Cl2.2BF4/c1-21(2)37(22(3)4)31-32(38(23(5)6)24(7)8)33(31)39(28-15-9-25(34)10-16-28,29-17-11-26(35)12-18-29)30-19-13-27(36)14-20-30;2-1-3;2*2-1(3,4)5/h9-24H,1-8H3;1H2;;/q+2;;2*-1. The highest BCUT2D eigenvalue weighted by Gasteiger charge is 2.60. The van der Waals surface area contributed by atoms with Gasteiger partial charge in [0.1, 0.15) is 45.4 Å². The van der Waals surface area contributed by atoms with Gasteiger partial charge in [0.2, 0.25) is 5.30 Å². The molecule has 0 amide bonds. The molecule has 4 aromatic carbocycles. The predicted octanol–water partition coefficient (Wildman–Crippen LogP) is 9.83. The Hall–Kier alpha value is -2.76. The maximum atomic E-state index is 14.3. The molecular weight excluding hydrogens is 769 g/mol. The van der Waals surface area contributed by atoms with Gasteiger partial charge in [0.15, 0.2) is 12.9 Å². The van der Waals surface area contributed by atoms with Gasteiger partial charge in [0.25, 0.3) is 5.36 Å². The van der Waals surface area contributed by atoms with E-state index >= 15 is 0 Å². The second-order valence-electron chi connectivity index (χ2n) is 12.4. The molecule has 0 radical (unpaired) electrons. The van der Waals surface area contributed by atoms with Crippen molar-refractivity contribution < 1.29 is 47.7 Å². The Morgan fingerprint density at radius 2 is 0.769 bits per heavy atom. The van der Waals surface area contributed by atoms with E-state index in [1.165, 1.54) is 52.7 Å². The highest BCUT2D eigenvalue weighted by atomic mass is 35.5. The zero-order chi connectivity index (χ0) is 40.4. The number of alkyl halides is 2. The molecule has 52 heavy (non-hydrogen) atoms. The molecule has 2 nitrogen and oxygen atoms in total. The van der Waals surface area contributed by atoms with Crippen LogP contribution in [0.5, 0.6) is 0 Å². The molecule has 18 heteroatoms. The van der Waals surface area contributed by atoms with Crippen molar-refractivity contribution in [3.63, 3.8) is 0 Å². The Morgan fingerprint density at radius 1 is 0.538 bits per heavy atom. The Morgan fingerprint density at radius 3 is 0.962 bits per heavy atom. The van der Waals surface area contributed by atoms with Gasteiger partial charge in [-0.3, -0.25) is 0 Å². The molecule has 0 spiro atoms. The molecule has 0 N–H and O–H groups in total. The van der Waals surface area contributed by atoms with Crippen LogP contribution < -0.4 is 36.1 Å². The van der Waals surface area contributed by atoms with Crippen LogP contribution in [0.15, 0.2) is 72.8 Å². The topological polar surface area (TPSA) is 6.25 Å². The summed E-state index contributed by atoms with van der Waals surface area (Å²) < 4.78 is 123. The first kappa shape index (κ1) is 47.3. The van der Waals surface area contributed by atoms with Crippen LogP contribution in [0.4, 0.5) is 53.4 Å². The summed E-state index contributed by atoms with van der Waals surface area (Å²) in [6.45, 7) is 17.6. The fourth-order valence-corrected chi connectivity index (χ4v) is 10.5. The van der Waals surface area contributed by atoms with Gasteiger partial charge in [-0.15, -0.1) is 23.2 Å². The average molecular weight is 811 g/mol. The van der Waals surface area contributed by atoms with Crippen molar-refractivity contribution in [1.82, 2.24) is 4.58 Å². The van der Waals surface area contributed by atoms with Gasteiger partial charge in [0.05, 0.1) is 5.34 Å². The normalized spacial score (nSPS) is 11.9. The first-order chi connectivity index (χ1) is 23.8. The van der Waals surface area contributed by atoms with Gasteiger partial charge in [-0.1, -0.05) is 0 Å². The molecule has 0 aliphatic heterocycles. The third-order valence-electron chi connectivity index (χ3n) is 7.33. The van der Waals surface area contributed by atoms with E-state index in [1.54, 1.807) is 0 Å². The van der Waals surface area contributed by atoms with Crippen molar-refractivity contribution in [3.05, 3.63) is 95.6 Å². The molecule has 0 aromatic heterocycles. The fraction of sp³-hybridized carbons (Fsp3) is 0.382. The van der Waals surface area contributed by atoms with Gasteiger partial charge in [-0.25, -0.2) is 17.7 Å². The molecular formula is C34H42B2Cl2F11N2P. The van der Waals surface area contributed by atoms with Crippen molar-refractivity contribution >= 4 is 71.9 Å². The number of benzene rings is 3. The third kappa shape index (κ3) is 13.9. The van der Waals surface area contributed by atoms with Crippen molar-refractivity contribution in [2.75, 3.05) is 10.2 Å². The molecule has 0 aliphatic rings. The molecule has 0 unspecified atom stereocenters. The van der Waals surface area contributed by atoms with E-state index in [1.807, 2.05) is 36.4 Å². The summed E-state index contributed by atoms with van der Waals surface area (Å²) >= 11 is 9.53. The van der Waals surface area contributed by atoms with Gasteiger partial charge in [-0.2, -0.15) is 0 Å². The molecule has 0 saturated carbocycles. The summed E-state index contributed by atoms with van der Waals surface area (Å²) in [6.07, 6.45) is 0. The van der Waals surface area contributed by atoms with E-state index in [0.29, 0.717) is 0 Å². The van der Waals surface area contributed by atoms with Crippen molar-refractivity contribution in [1.29, 1.82) is 0 Å². The summed E-state index contributed by atoms with van der Waals surface area (Å²) in [5.41, 5.74) is 1.19. The summed E-state index contributed by atoms with van der Waals surface area (Å²) in [4.78, 5) is 2.45. The summed E-state index contributed by atoms with van der Waals surface area (Å²) in [6, 6.07) is 20.9. The molecule has 0 atom stereocenters. The largest absolute Gasteiger partial charge is 0.673 e.